The van der Waals surface area contributed by atoms with Gasteiger partial charge >= 0.3 is 35.8 Å². The SMILES string of the molecule is C=CC(=O)Cc1ccc(OC(=O)C2CCC(C(=O)Oc3ccc(OC(=O)C4CCC(C(=O)Oc5ccc(OCCCCOC(=O)C=C)cc5)CC4)cc3C(=O)OC)CC2)cc1. The Hall–Kier alpha value is -6.57. The lowest BCUT2D eigenvalue weighted by Crippen LogP contribution is -2.31. The molecule has 14 nitrogen and oxygen atoms in total. The normalized spacial score (nSPS) is 18.3. The number of ketones is 1. The lowest BCUT2D eigenvalue weighted by atomic mass is 9.82. The van der Waals surface area contributed by atoms with Gasteiger partial charge in [-0.25, -0.2) is 9.59 Å². The van der Waals surface area contributed by atoms with Crippen LogP contribution in [0.3, 0.4) is 0 Å². The molecule has 3 aromatic carbocycles. The van der Waals surface area contributed by atoms with E-state index in [4.69, 9.17) is 33.2 Å². The van der Waals surface area contributed by atoms with Crippen molar-refractivity contribution in [3.05, 3.63) is 103 Å². The molecule has 14 heteroatoms. The zero-order valence-electron chi connectivity index (χ0n) is 34.1. The summed E-state index contributed by atoms with van der Waals surface area (Å²) in [6, 6.07) is 17.4. The van der Waals surface area contributed by atoms with Crippen LogP contribution >= 0.6 is 0 Å². The van der Waals surface area contributed by atoms with Crippen molar-refractivity contribution in [3.8, 4) is 28.7 Å². The highest BCUT2D eigenvalue weighted by atomic mass is 16.6. The molecule has 0 N–H and O–H groups in total. The highest BCUT2D eigenvalue weighted by Gasteiger charge is 2.34. The van der Waals surface area contributed by atoms with Crippen LogP contribution in [0.4, 0.5) is 0 Å². The zero-order valence-corrected chi connectivity index (χ0v) is 34.1. The number of unbranched alkanes of at least 4 members (excludes halogenated alkanes) is 1. The van der Waals surface area contributed by atoms with Crippen LogP contribution in [0, 0.1) is 23.7 Å². The molecule has 61 heavy (non-hydrogen) atoms. The van der Waals surface area contributed by atoms with Gasteiger partial charge in [-0.05, 0) is 130 Å². The van der Waals surface area contributed by atoms with Gasteiger partial charge in [-0.2, -0.15) is 0 Å². The molecule has 0 spiro atoms. The lowest BCUT2D eigenvalue weighted by molar-refractivity contribution is -0.145. The number of carbonyl (C=O) groups excluding carboxylic acids is 7. The van der Waals surface area contributed by atoms with Gasteiger partial charge in [0.15, 0.2) is 5.78 Å². The van der Waals surface area contributed by atoms with Gasteiger partial charge in [0.2, 0.25) is 0 Å². The Morgan fingerprint density at radius 2 is 1.00 bits per heavy atom. The van der Waals surface area contributed by atoms with Crippen molar-refractivity contribution in [1.82, 2.24) is 0 Å². The monoisotopic (exact) mass is 838 g/mol. The Kier molecular flexibility index (Phi) is 16.9. The maximum Gasteiger partial charge on any atom is 0.341 e. The fourth-order valence-corrected chi connectivity index (χ4v) is 7.03. The Morgan fingerprint density at radius 3 is 1.49 bits per heavy atom. The number of methoxy groups -OCH3 is 1. The summed E-state index contributed by atoms with van der Waals surface area (Å²) in [5.41, 5.74) is 0.669. The number of esters is 6. The van der Waals surface area contributed by atoms with Crippen molar-refractivity contribution >= 4 is 41.6 Å². The summed E-state index contributed by atoms with van der Waals surface area (Å²) in [6.07, 6.45) is 7.08. The van der Waals surface area contributed by atoms with Crippen molar-refractivity contribution in [2.24, 2.45) is 23.7 Å². The first kappa shape index (κ1) is 45.5. The highest BCUT2D eigenvalue weighted by Crippen LogP contribution is 2.35. The van der Waals surface area contributed by atoms with E-state index < -0.39 is 59.5 Å². The number of benzene rings is 3. The van der Waals surface area contributed by atoms with Crippen molar-refractivity contribution in [2.75, 3.05) is 20.3 Å². The third-order valence-corrected chi connectivity index (χ3v) is 10.6. The second kappa shape index (κ2) is 22.7. The Bertz CT molecular complexity index is 2050. The van der Waals surface area contributed by atoms with Gasteiger partial charge in [-0.3, -0.25) is 24.0 Å². The molecular formula is C47H50O14. The molecule has 322 valence electrons. The third kappa shape index (κ3) is 13.7. The van der Waals surface area contributed by atoms with E-state index in [1.807, 2.05) is 0 Å². The first-order valence-corrected chi connectivity index (χ1v) is 20.3. The van der Waals surface area contributed by atoms with Crippen molar-refractivity contribution in [2.45, 2.75) is 70.6 Å². The highest BCUT2D eigenvalue weighted by molar-refractivity contribution is 5.94. The van der Waals surface area contributed by atoms with Gasteiger partial charge < -0.3 is 33.2 Å². The maximum absolute atomic E-state index is 13.2. The Balaban J connectivity index is 1.04. The number of hydrogen-bond donors (Lipinski definition) is 0. The number of ether oxygens (including phenoxy) is 7. The summed E-state index contributed by atoms with van der Waals surface area (Å²) in [7, 11) is 1.18. The van der Waals surface area contributed by atoms with E-state index in [1.165, 1.54) is 31.4 Å². The van der Waals surface area contributed by atoms with Crippen LogP contribution in [0.2, 0.25) is 0 Å². The second-order valence-electron chi connectivity index (χ2n) is 14.8. The van der Waals surface area contributed by atoms with Crippen LogP contribution in [0.1, 0.15) is 80.1 Å². The molecule has 0 aliphatic heterocycles. The second-order valence-corrected chi connectivity index (χ2v) is 14.8. The van der Waals surface area contributed by atoms with Gasteiger partial charge in [0.25, 0.3) is 0 Å². The molecule has 2 fully saturated rings. The molecule has 0 radical (unpaired) electrons. The van der Waals surface area contributed by atoms with E-state index in [0.717, 1.165) is 11.6 Å². The van der Waals surface area contributed by atoms with E-state index in [0.29, 0.717) is 88.1 Å². The molecule has 0 bridgehead atoms. The smallest absolute Gasteiger partial charge is 0.341 e. The Labute approximate surface area is 354 Å². The minimum absolute atomic E-state index is 0.0571. The van der Waals surface area contributed by atoms with Crippen LogP contribution in [0.5, 0.6) is 28.7 Å². The van der Waals surface area contributed by atoms with Crippen LogP contribution in [-0.4, -0.2) is 61.9 Å². The molecule has 0 aromatic heterocycles. The molecule has 3 aromatic rings. The molecule has 0 unspecified atom stereocenters. The first-order chi connectivity index (χ1) is 29.5. The van der Waals surface area contributed by atoms with Crippen LogP contribution in [0.25, 0.3) is 0 Å². The molecule has 5 rings (SSSR count). The first-order valence-electron chi connectivity index (χ1n) is 20.3. The molecule has 2 aliphatic rings. The lowest BCUT2D eigenvalue weighted by Gasteiger charge is -2.26. The number of allylic oxidation sites excluding steroid dienone is 1. The average molecular weight is 839 g/mol. The summed E-state index contributed by atoms with van der Waals surface area (Å²) in [4.78, 5) is 87.6. The quantitative estimate of drug-likeness (QED) is 0.0507. The largest absolute Gasteiger partial charge is 0.494 e. The Morgan fingerprint density at radius 1 is 0.557 bits per heavy atom. The summed E-state index contributed by atoms with van der Waals surface area (Å²) >= 11 is 0. The van der Waals surface area contributed by atoms with E-state index >= 15 is 0 Å². The van der Waals surface area contributed by atoms with Gasteiger partial charge in [0.1, 0.15) is 34.3 Å². The number of rotatable bonds is 19. The van der Waals surface area contributed by atoms with Gasteiger partial charge in [-0.15, -0.1) is 0 Å². The predicted octanol–water partition coefficient (Wildman–Crippen LogP) is 7.29. The number of hydrogen-bond acceptors (Lipinski definition) is 14. The molecular weight excluding hydrogens is 789 g/mol. The summed E-state index contributed by atoms with van der Waals surface area (Å²) in [5, 5.41) is 0. The fourth-order valence-electron chi connectivity index (χ4n) is 7.03. The van der Waals surface area contributed by atoms with E-state index in [1.54, 1.807) is 48.5 Å². The standard InChI is InChI=1S/C47H50O14/c1-4-35(48)28-30-8-18-37(19-9-30)58-43(50)32-14-16-34(17-15-32)46(53)61-41-25-24-39(29-40(41)47(54)55-3)60-45(52)33-12-10-31(11-13-33)44(51)59-38-22-20-36(21-23-38)56-26-6-7-27-57-42(49)5-2/h4-5,8-9,18-25,29,31-34H,1-2,6-7,10-17,26-28H2,3H3. The molecule has 0 heterocycles. The van der Waals surface area contributed by atoms with Gasteiger partial charge in [-0.1, -0.05) is 25.3 Å². The molecule has 0 atom stereocenters. The van der Waals surface area contributed by atoms with E-state index in [-0.39, 0.29) is 35.9 Å². The van der Waals surface area contributed by atoms with Crippen molar-refractivity contribution in [3.63, 3.8) is 0 Å². The third-order valence-electron chi connectivity index (χ3n) is 10.6. The van der Waals surface area contributed by atoms with Gasteiger partial charge in [0, 0.05) is 12.5 Å². The molecule has 2 aliphatic carbocycles. The van der Waals surface area contributed by atoms with Crippen molar-refractivity contribution < 1.29 is 66.7 Å². The minimum Gasteiger partial charge on any atom is -0.494 e. The fraction of sp³-hybridized carbons (Fsp3) is 0.383. The predicted molar refractivity (Wildman–Crippen MR) is 219 cm³/mol. The summed E-state index contributed by atoms with van der Waals surface area (Å²) < 4.78 is 37.9. The van der Waals surface area contributed by atoms with Crippen LogP contribution < -0.4 is 23.7 Å². The van der Waals surface area contributed by atoms with Crippen molar-refractivity contribution in [1.29, 1.82) is 0 Å². The molecule has 2 saturated carbocycles. The molecule has 0 amide bonds. The van der Waals surface area contributed by atoms with Crippen LogP contribution in [-0.2, 0) is 44.7 Å². The van der Waals surface area contributed by atoms with E-state index in [2.05, 4.69) is 13.2 Å². The summed E-state index contributed by atoms with van der Waals surface area (Å²) in [6.45, 7) is 7.53. The molecule has 0 saturated heterocycles. The minimum atomic E-state index is -0.797. The van der Waals surface area contributed by atoms with Gasteiger partial charge in [0.05, 0.1) is 44.0 Å². The van der Waals surface area contributed by atoms with Crippen LogP contribution in [0.15, 0.2) is 92.0 Å². The van der Waals surface area contributed by atoms with E-state index in [9.17, 15) is 33.6 Å². The maximum atomic E-state index is 13.2. The summed E-state index contributed by atoms with van der Waals surface area (Å²) in [5.74, 6) is -3.73. The zero-order chi connectivity index (χ0) is 43.7. The topological polar surface area (TPSA) is 184 Å². The number of carbonyl (C=O) groups is 7. The average Bonchev–Trinajstić information content (AvgIpc) is 3.28.